The number of carbonyl (C=O) groups is 1. The van der Waals surface area contributed by atoms with Crippen molar-refractivity contribution in [2.45, 2.75) is 68.6 Å². The number of rotatable bonds is 9. The zero-order chi connectivity index (χ0) is 24.9. The van der Waals surface area contributed by atoms with Gasteiger partial charge in [0.05, 0.1) is 21.4 Å². The smallest absolute Gasteiger partial charge is 0.255 e. The van der Waals surface area contributed by atoms with Crippen molar-refractivity contribution < 1.29 is 17.6 Å². The van der Waals surface area contributed by atoms with E-state index in [1.54, 1.807) is 12.1 Å². The molecule has 3 N–H and O–H groups in total. The molecule has 0 aliphatic carbocycles. The number of thioether (sulfide) groups is 1. The van der Waals surface area contributed by atoms with Crippen LogP contribution in [0, 0.1) is 5.82 Å². The van der Waals surface area contributed by atoms with Gasteiger partial charge in [-0.3, -0.25) is 9.79 Å². The summed E-state index contributed by atoms with van der Waals surface area (Å²) in [4.78, 5) is 17.5. The third-order valence-electron chi connectivity index (χ3n) is 6.14. The van der Waals surface area contributed by atoms with Crippen LogP contribution in [0.2, 0.25) is 0 Å². The van der Waals surface area contributed by atoms with E-state index in [2.05, 4.69) is 10.3 Å². The zero-order valence-electron chi connectivity index (χ0n) is 19.8. The normalized spacial score (nSPS) is 18.6. The van der Waals surface area contributed by atoms with Gasteiger partial charge >= 0.3 is 0 Å². The zero-order valence-corrected chi connectivity index (χ0v) is 21.4. The Morgan fingerprint density at radius 1 is 1.18 bits per heavy atom. The number of carbonyl (C=O) groups excluding carboxylic acids is 1. The summed E-state index contributed by atoms with van der Waals surface area (Å²) in [5.74, 6) is -0.285. The second-order valence-corrected chi connectivity index (χ2v) is 12.1. The molecule has 0 spiro atoms. The lowest BCUT2D eigenvalue weighted by molar-refractivity contribution is 0.102. The second kappa shape index (κ2) is 10.9. The minimum atomic E-state index is -3.48. The number of aliphatic imine (C=N–C) groups is 1. The van der Waals surface area contributed by atoms with Gasteiger partial charge in [0.1, 0.15) is 5.82 Å². The van der Waals surface area contributed by atoms with Crippen LogP contribution in [-0.4, -0.2) is 30.5 Å². The summed E-state index contributed by atoms with van der Waals surface area (Å²) in [5.41, 5.74) is 6.34. The van der Waals surface area contributed by atoms with Gasteiger partial charge in [0.25, 0.3) is 5.91 Å². The lowest BCUT2D eigenvalue weighted by atomic mass is 9.89. The predicted molar refractivity (Wildman–Crippen MR) is 138 cm³/mol. The summed E-state index contributed by atoms with van der Waals surface area (Å²) >= 11 is 1.48. The van der Waals surface area contributed by atoms with Crippen molar-refractivity contribution >= 4 is 38.4 Å². The van der Waals surface area contributed by atoms with Crippen LogP contribution in [0.25, 0.3) is 0 Å². The molecule has 1 unspecified atom stereocenters. The van der Waals surface area contributed by atoms with E-state index in [0.717, 1.165) is 30.6 Å². The molecule has 1 aliphatic rings. The highest BCUT2D eigenvalue weighted by atomic mass is 32.2. The molecule has 0 radical (unpaired) electrons. The molecule has 0 saturated carbocycles. The van der Waals surface area contributed by atoms with E-state index < -0.39 is 32.4 Å². The Morgan fingerprint density at radius 2 is 1.82 bits per heavy atom. The highest BCUT2D eigenvalue weighted by Gasteiger charge is 2.30. The SMILES string of the molecule is CCCC(CCC)S(=O)(=O)c1ccc(C(=O)Nc2cc(C3(C)CCSC(N)=N3)ccc2F)cc1. The Morgan fingerprint density at radius 3 is 2.41 bits per heavy atom. The monoisotopic (exact) mass is 505 g/mol. The first-order valence-electron chi connectivity index (χ1n) is 11.5. The Kier molecular flexibility index (Phi) is 8.41. The second-order valence-electron chi connectivity index (χ2n) is 8.74. The van der Waals surface area contributed by atoms with Gasteiger partial charge in [-0.25, -0.2) is 12.8 Å². The topological polar surface area (TPSA) is 102 Å². The number of hydrogen-bond acceptors (Lipinski definition) is 6. The highest BCUT2D eigenvalue weighted by Crippen LogP contribution is 2.36. The van der Waals surface area contributed by atoms with Crippen molar-refractivity contribution in [1.29, 1.82) is 0 Å². The number of halogens is 1. The van der Waals surface area contributed by atoms with Crippen molar-refractivity contribution in [3.63, 3.8) is 0 Å². The average molecular weight is 506 g/mol. The predicted octanol–water partition coefficient (Wildman–Crippen LogP) is 5.49. The number of nitrogens with zero attached hydrogens (tertiary/aromatic N) is 1. The van der Waals surface area contributed by atoms with E-state index in [1.807, 2.05) is 20.8 Å². The van der Waals surface area contributed by atoms with Crippen molar-refractivity contribution in [3.05, 3.63) is 59.4 Å². The molecular formula is C25H32FN3O3S2. The molecule has 0 aromatic heterocycles. The summed E-state index contributed by atoms with van der Waals surface area (Å²) in [7, 11) is -3.48. The fourth-order valence-electron chi connectivity index (χ4n) is 4.13. The molecule has 0 fully saturated rings. The van der Waals surface area contributed by atoms with Gasteiger partial charge in [0, 0.05) is 11.3 Å². The summed E-state index contributed by atoms with van der Waals surface area (Å²) in [6.07, 6.45) is 3.50. The maximum absolute atomic E-state index is 14.5. The van der Waals surface area contributed by atoms with E-state index in [-0.39, 0.29) is 16.1 Å². The lowest BCUT2D eigenvalue weighted by Crippen LogP contribution is -2.29. The van der Waals surface area contributed by atoms with Gasteiger partial charge in [-0.2, -0.15) is 0 Å². The number of benzene rings is 2. The van der Waals surface area contributed by atoms with E-state index in [0.29, 0.717) is 18.0 Å². The first-order valence-corrected chi connectivity index (χ1v) is 14.1. The fourth-order valence-corrected chi connectivity index (χ4v) is 7.10. The quantitative estimate of drug-likeness (QED) is 0.469. The van der Waals surface area contributed by atoms with Crippen LogP contribution >= 0.6 is 11.8 Å². The van der Waals surface area contributed by atoms with Crippen LogP contribution in [0.15, 0.2) is 52.4 Å². The fraction of sp³-hybridized carbons (Fsp3) is 0.440. The first-order chi connectivity index (χ1) is 16.1. The van der Waals surface area contributed by atoms with Crippen LogP contribution in [0.3, 0.4) is 0 Å². The minimum absolute atomic E-state index is 0.0402. The Hall–Kier alpha value is -2.39. The van der Waals surface area contributed by atoms with Crippen LogP contribution in [-0.2, 0) is 15.4 Å². The molecule has 1 amide bonds. The molecule has 1 heterocycles. The van der Waals surface area contributed by atoms with E-state index in [1.165, 1.54) is 42.1 Å². The van der Waals surface area contributed by atoms with Crippen molar-refractivity contribution in [2.75, 3.05) is 11.1 Å². The first kappa shape index (κ1) is 26.2. The third kappa shape index (κ3) is 5.81. The van der Waals surface area contributed by atoms with Gasteiger partial charge in [0.2, 0.25) is 0 Å². The molecular weight excluding hydrogens is 473 g/mol. The molecule has 0 saturated heterocycles. The van der Waals surface area contributed by atoms with Gasteiger partial charge in [-0.15, -0.1) is 0 Å². The van der Waals surface area contributed by atoms with Crippen LogP contribution < -0.4 is 11.1 Å². The molecule has 2 aromatic carbocycles. The van der Waals surface area contributed by atoms with E-state index in [4.69, 9.17) is 5.73 Å². The van der Waals surface area contributed by atoms with E-state index in [9.17, 15) is 17.6 Å². The van der Waals surface area contributed by atoms with Crippen LogP contribution in [0.4, 0.5) is 10.1 Å². The number of anilines is 1. The Labute approximate surface area is 205 Å². The van der Waals surface area contributed by atoms with Gasteiger partial charge in [-0.1, -0.05) is 44.5 Å². The number of amidine groups is 1. The molecule has 2 aromatic rings. The van der Waals surface area contributed by atoms with Crippen LogP contribution in [0.1, 0.15) is 68.8 Å². The van der Waals surface area contributed by atoms with Crippen molar-refractivity contribution in [2.24, 2.45) is 10.7 Å². The Bertz CT molecular complexity index is 1160. The molecule has 184 valence electrons. The largest absolute Gasteiger partial charge is 0.379 e. The number of amides is 1. The molecule has 1 aliphatic heterocycles. The third-order valence-corrected chi connectivity index (χ3v) is 9.21. The number of nitrogens with two attached hydrogens (primary N) is 1. The number of sulfone groups is 1. The molecule has 6 nitrogen and oxygen atoms in total. The van der Waals surface area contributed by atoms with Gasteiger partial charge in [-0.05, 0) is 68.1 Å². The molecule has 0 bridgehead atoms. The minimum Gasteiger partial charge on any atom is -0.379 e. The summed E-state index contributed by atoms with van der Waals surface area (Å²) in [6.45, 7) is 5.87. The molecule has 9 heteroatoms. The van der Waals surface area contributed by atoms with Crippen LogP contribution in [0.5, 0.6) is 0 Å². The highest BCUT2D eigenvalue weighted by molar-refractivity contribution is 8.13. The van der Waals surface area contributed by atoms with Crippen molar-refractivity contribution in [1.82, 2.24) is 0 Å². The molecule has 34 heavy (non-hydrogen) atoms. The summed E-state index contributed by atoms with van der Waals surface area (Å²) in [5, 5.41) is 2.66. The standard InChI is InChI=1S/C25H32FN3O3S2/c1-4-6-19(7-5-2)34(31,32)20-11-8-17(9-12-20)23(30)28-22-16-18(10-13-21(22)26)25(3)14-15-33-24(27)29-25/h8-13,16,19H,4-7,14-15H2,1-3H3,(H2,27,29)(H,28,30). The maximum atomic E-state index is 14.5. The number of hydrogen-bond donors (Lipinski definition) is 2. The summed E-state index contributed by atoms with van der Waals surface area (Å²) in [6, 6.07) is 10.4. The van der Waals surface area contributed by atoms with Crippen molar-refractivity contribution in [3.8, 4) is 0 Å². The maximum Gasteiger partial charge on any atom is 0.255 e. The van der Waals surface area contributed by atoms with Gasteiger partial charge in [0.15, 0.2) is 15.0 Å². The summed E-state index contributed by atoms with van der Waals surface area (Å²) < 4.78 is 40.5. The van der Waals surface area contributed by atoms with E-state index >= 15 is 0 Å². The Balaban J connectivity index is 1.81. The average Bonchev–Trinajstić information content (AvgIpc) is 2.80. The van der Waals surface area contributed by atoms with Gasteiger partial charge < -0.3 is 11.1 Å². The lowest BCUT2D eigenvalue weighted by Gasteiger charge is -2.30. The number of nitrogens with one attached hydrogen (secondary N) is 1. The molecule has 3 rings (SSSR count). The molecule has 1 atom stereocenters.